The summed E-state index contributed by atoms with van der Waals surface area (Å²) in [6, 6.07) is -0.701. The number of rotatable bonds is 37. The van der Waals surface area contributed by atoms with Crippen LogP contribution in [0.2, 0.25) is 0 Å². The van der Waals surface area contributed by atoms with Crippen LogP contribution in [0, 0.1) is 0 Å². The second-order valence-electron chi connectivity index (χ2n) is 13.4. The van der Waals surface area contributed by atoms with Gasteiger partial charge in [0.05, 0.1) is 18.8 Å². The fourth-order valence-electron chi connectivity index (χ4n) is 5.90. The summed E-state index contributed by atoms with van der Waals surface area (Å²) in [5.41, 5.74) is 0. The molecule has 3 N–H and O–H groups in total. The average Bonchev–Trinajstić information content (AvgIpc) is 3.10. The van der Waals surface area contributed by atoms with Gasteiger partial charge in [0.25, 0.3) is 0 Å². The molecular formula is C42H81NO3. The minimum atomic E-state index is -2.98. The highest BCUT2D eigenvalue weighted by Gasteiger charge is 2.17. The molecule has 0 bridgehead atoms. The van der Waals surface area contributed by atoms with Crippen molar-refractivity contribution in [2.24, 2.45) is 0 Å². The van der Waals surface area contributed by atoms with Gasteiger partial charge in [0, 0.05) is 16.0 Å². The van der Waals surface area contributed by atoms with Crippen molar-refractivity contribution >= 4 is 5.91 Å². The molecule has 2 atom stereocenters. The molecule has 0 saturated heterocycles. The van der Waals surface area contributed by atoms with E-state index in [2.05, 4.69) is 24.4 Å². The van der Waals surface area contributed by atoms with Crippen molar-refractivity contribution in [1.82, 2.24) is 5.32 Å². The third kappa shape index (κ3) is 34.2. The van der Waals surface area contributed by atoms with E-state index in [9.17, 15) is 15.0 Å². The van der Waals surface area contributed by atoms with E-state index in [4.69, 9.17) is 9.60 Å². The molecule has 0 heterocycles. The maximum absolute atomic E-state index is 12.4. The Morgan fingerprint density at radius 3 is 1.50 bits per heavy atom. The number of aliphatic hydroxyl groups is 2. The molecule has 46 heavy (non-hydrogen) atoms. The Balaban J connectivity index is 3.71. The highest BCUT2D eigenvalue weighted by molar-refractivity contribution is 5.76. The van der Waals surface area contributed by atoms with Gasteiger partial charge < -0.3 is 15.5 Å². The quantitative estimate of drug-likeness (QED) is 0.0461. The molecule has 0 aromatic carbocycles. The molecule has 0 saturated carbocycles. The molecule has 0 aliphatic carbocycles. The van der Waals surface area contributed by atoms with Crippen molar-refractivity contribution in [3.8, 4) is 0 Å². The summed E-state index contributed by atoms with van der Waals surface area (Å²) in [7, 11) is 0. The summed E-state index contributed by atoms with van der Waals surface area (Å²) < 4.78 is 52.9. The average molecular weight is 655 g/mol. The first kappa shape index (κ1) is 33.4. The van der Waals surface area contributed by atoms with Crippen LogP contribution in [0.25, 0.3) is 0 Å². The van der Waals surface area contributed by atoms with Crippen LogP contribution in [0.1, 0.15) is 229 Å². The Kier molecular flexibility index (Phi) is 27.8. The first-order valence-corrected chi connectivity index (χ1v) is 19.7. The van der Waals surface area contributed by atoms with Gasteiger partial charge in [-0.25, -0.2) is 0 Å². The highest BCUT2D eigenvalue weighted by Crippen LogP contribution is 2.14. The largest absolute Gasteiger partial charge is 0.394 e. The fraction of sp³-hybridized carbons (Fsp3) is 0.881. The number of hydrogen-bond donors (Lipinski definition) is 3. The molecule has 0 aromatic heterocycles. The van der Waals surface area contributed by atoms with Crippen molar-refractivity contribution in [1.29, 1.82) is 0 Å². The molecular weight excluding hydrogens is 566 g/mol. The lowest BCUT2D eigenvalue weighted by atomic mass is 10.0. The van der Waals surface area contributed by atoms with Crippen LogP contribution in [-0.4, -0.2) is 34.9 Å². The first-order chi connectivity index (χ1) is 25.3. The SMILES string of the molecule is [2H]C([2H])([2H])C([2H])([2H])C([2H])([2H])CCCCCCCCCC/C=C/[C@@H](O)[C@H](CO)NC(=O)CCCCCCCCCCCCC/C=C\CCCCCCCC. The van der Waals surface area contributed by atoms with Gasteiger partial charge in [0.15, 0.2) is 0 Å². The van der Waals surface area contributed by atoms with Crippen LogP contribution in [-0.2, 0) is 4.79 Å². The van der Waals surface area contributed by atoms with Crippen LogP contribution in [0.5, 0.6) is 0 Å². The van der Waals surface area contributed by atoms with Crippen LogP contribution >= 0.6 is 0 Å². The Morgan fingerprint density at radius 2 is 1.04 bits per heavy atom. The number of hydrogen-bond acceptors (Lipinski definition) is 3. The van der Waals surface area contributed by atoms with E-state index in [0.717, 1.165) is 70.6 Å². The van der Waals surface area contributed by atoms with E-state index in [0.29, 0.717) is 12.8 Å². The summed E-state index contributed by atoms with van der Waals surface area (Å²) in [6.45, 7) is -1.03. The number of carbonyl (C=O) groups is 1. The summed E-state index contributed by atoms with van der Waals surface area (Å²) in [4.78, 5) is 12.4. The molecule has 4 heteroatoms. The maximum Gasteiger partial charge on any atom is 0.220 e. The molecule has 0 aliphatic heterocycles. The Labute approximate surface area is 297 Å². The van der Waals surface area contributed by atoms with Crippen molar-refractivity contribution in [3.05, 3.63) is 24.3 Å². The topological polar surface area (TPSA) is 69.6 Å². The van der Waals surface area contributed by atoms with Crippen molar-refractivity contribution in [2.45, 2.75) is 231 Å². The molecule has 0 rings (SSSR count). The van der Waals surface area contributed by atoms with E-state index in [1.807, 2.05) is 6.08 Å². The maximum atomic E-state index is 12.4. The highest BCUT2D eigenvalue weighted by atomic mass is 16.3. The van der Waals surface area contributed by atoms with Crippen molar-refractivity contribution in [2.75, 3.05) is 6.61 Å². The van der Waals surface area contributed by atoms with E-state index in [-0.39, 0.29) is 18.9 Å². The second-order valence-corrected chi connectivity index (χ2v) is 13.4. The van der Waals surface area contributed by atoms with Gasteiger partial charge in [0.1, 0.15) is 0 Å². The predicted octanol–water partition coefficient (Wildman–Crippen LogP) is 12.5. The molecule has 0 aromatic rings. The zero-order valence-corrected chi connectivity index (χ0v) is 30.2. The molecule has 0 radical (unpaired) electrons. The number of nitrogens with one attached hydrogen (secondary N) is 1. The summed E-state index contributed by atoms with van der Waals surface area (Å²) in [5.74, 6) is -0.125. The molecule has 0 spiro atoms. The lowest BCUT2D eigenvalue weighted by Gasteiger charge is -2.20. The minimum Gasteiger partial charge on any atom is -0.394 e. The zero-order chi connectivity index (χ0) is 39.7. The standard InChI is InChI=1S/C42H81NO3/c1-3-5-7-9-11-13-15-17-18-19-20-21-22-23-24-26-28-30-32-34-36-38-42(46)43-40(39-44)41(45)37-35-33-31-29-27-25-16-14-12-10-8-6-4-2/h17-18,35,37,40-41,44-45H,3-16,19-34,36,38-39H2,1-2H3,(H,43,46)/b18-17-,37-35+/t40-,41+/m0/s1/i2D3,4D2,6D2. The molecule has 272 valence electrons. The smallest absolute Gasteiger partial charge is 0.220 e. The number of unbranched alkanes of at least 4 members (excludes halogenated alkanes) is 25. The normalized spacial score (nSPS) is 16.4. The Bertz CT molecular complexity index is 912. The van der Waals surface area contributed by atoms with Gasteiger partial charge in [-0.1, -0.05) is 192 Å². The number of amides is 1. The van der Waals surface area contributed by atoms with Gasteiger partial charge in [-0.15, -0.1) is 0 Å². The van der Waals surface area contributed by atoms with Crippen LogP contribution in [0.15, 0.2) is 24.3 Å². The predicted molar refractivity (Wildman–Crippen MR) is 202 cm³/mol. The molecule has 0 fully saturated rings. The van der Waals surface area contributed by atoms with Gasteiger partial charge >= 0.3 is 0 Å². The monoisotopic (exact) mass is 655 g/mol. The summed E-state index contributed by atoms with van der Waals surface area (Å²) >= 11 is 0. The van der Waals surface area contributed by atoms with E-state index >= 15 is 0 Å². The number of allylic oxidation sites excluding steroid dienone is 3. The fourth-order valence-corrected chi connectivity index (χ4v) is 5.90. The van der Waals surface area contributed by atoms with Crippen LogP contribution in [0.3, 0.4) is 0 Å². The lowest BCUT2D eigenvalue weighted by molar-refractivity contribution is -0.123. The van der Waals surface area contributed by atoms with Crippen LogP contribution < -0.4 is 5.32 Å². The second kappa shape index (κ2) is 38.3. The summed E-state index contributed by atoms with van der Waals surface area (Å²) in [6.07, 6.45) is 34.7. The van der Waals surface area contributed by atoms with E-state index in [1.165, 1.54) is 103 Å². The Hall–Kier alpha value is -1.13. The van der Waals surface area contributed by atoms with E-state index < -0.39 is 31.7 Å². The Morgan fingerprint density at radius 1 is 0.630 bits per heavy atom. The molecule has 0 aliphatic rings. The number of aliphatic hydroxyl groups excluding tert-OH is 2. The molecule has 1 amide bonds. The van der Waals surface area contributed by atoms with E-state index in [1.54, 1.807) is 6.08 Å². The lowest BCUT2D eigenvalue weighted by Crippen LogP contribution is -2.45. The van der Waals surface area contributed by atoms with Crippen LogP contribution in [0.4, 0.5) is 0 Å². The third-order valence-corrected chi connectivity index (χ3v) is 8.97. The van der Waals surface area contributed by atoms with Gasteiger partial charge in [-0.3, -0.25) is 4.79 Å². The van der Waals surface area contributed by atoms with Crippen molar-refractivity contribution in [3.63, 3.8) is 0 Å². The summed E-state index contributed by atoms with van der Waals surface area (Å²) in [5, 5.41) is 22.9. The van der Waals surface area contributed by atoms with Crippen molar-refractivity contribution < 1.29 is 24.6 Å². The third-order valence-electron chi connectivity index (χ3n) is 8.97. The molecule has 4 nitrogen and oxygen atoms in total. The number of carbonyl (C=O) groups excluding carboxylic acids is 1. The zero-order valence-electron chi connectivity index (χ0n) is 37.2. The molecule has 0 unspecified atom stereocenters. The van der Waals surface area contributed by atoms with Gasteiger partial charge in [-0.05, 0) is 44.9 Å². The first-order valence-electron chi connectivity index (χ1n) is 23.2. The minimum absolute atomic E-state index is 0.101. The van der Waals surface area contributed by atoms with Gasteiger partial charge in [-0.2, -0.15) is 0 Å². The van der Waals surface area contributed by atoms with Gasteiger partial charge in [0.2, 0.25) is 5.91 Å².